The molecule has 0 amide bonds. The first-order chi connectivity index (χ1) is 6.27. The molecule has 1 aromatic heterocycles. The van der Waals surface area contributed by atoms with Crippen molar-refractivity contribution in [3.05, 3.63) is 18.0 Å². The molecule has 3 heteroatoms. The van der Waals surface area contributed by atoms with Crippen molar-refractivity contribution in [2.24, 2.45) is 5.92 Å². The van der Waals surface area contributed by atoms with E-state index in [1.807, 2.05) is 6.20 Å². The maximum atomic E-state index is 4.38. The Kier molecular flexibility index (Phi) is 2.36. The number of piperidine rings is 1. The van der Waals surface area contributed by atoms with E-state index >= 15 is 0 Å². The first-order valence-electron chi connectivity index (χ1n) is 4.99. The molecule has 1 fully saturated rings. The number of nitrogens with zero attached hydrogens (tertiary/aromatic N) is 2. The third-order valence-electron chi connectivity index (χ3n) is 2.81. The monoisotopic (exact) mass is 179 g/mol. The van der Waals surface area contributed by atoms with Gasteiger partial charge >= 0.3 is 0 Å². The molecule has 2 heterocycles. The molecule has 0 saturated carbocycles. The van der Waals surface area contributed by atoms with Gasteiger partial charge in [0.05, 0.1) is 12.2 Å². The average molecular weight is 179 g/mol. The predicted octanol–water partition coefficient (Wildman–Crippen LogP) is 1.36. The fourth-order valence-electron chi connectivity index (χ4n) is 2.01. The predicted molar refractivity (Wildman–Crippen MR) is 52.7 cm³/mol. The van der Waals surface area contributed by atoms with Crippen molar-refractivity contribution < 1.29 is 0 Å². The molecular formula is C10H17N3. The summed E-state index contributed by atoms with van der Waals surface area (Å²) in [5, 5.41) is 7.78. The Morgan fingerprint density at radius 2 is 2.46 bits per heavy atom. The van der Waals surface area contributed by atoms with Crippen LogP contribution < -0.4 is 5.32 Å². The maximum Gasteiger partial charge on any atom is 0.0569 e. The Bertz CT molecular complexity index is 279. The van der Waals surface area contributed by atoms with Crippen LogP contribution in [0.4, 0.5) is 0 Å². The van der Waals surface area contributed by atoms with E-state index in [-0.39, 0.29) is 0 Å². The lowest BCUT2D eigenvalue weighted by Gasteiger charge is -2.29. The normalized spacial score (nSPS) is 29.1. The zero-order chi connectivity index (χ0) is 9.26. The van der Waals surface area contributed by atoms with E-state index in [0.717, 1.165) is 13.1 Å². The number of aryl methyl sites for hydroxylation is 1. The number of rotatable bonds is 1. The zero-order valence-corrected chi connectivity index (χ0v) is 8.33. The molecule has 0 aromatic carbocycles. The number of aromatic nitrogens is 2. The minimum Gasteiger partial charge on any atom is -0.316 e. The highest BCUT2D eigenvalue weighted by Crippen LogP contribution is 2.23. The van der Waals surface area contributed by atoms with Gasteiger partial charge in [-0.3, -0.25) is 4.68 Å². The average Bonchev–Trinajstić information content (AvgIpc) is 2.53. The van der Waals surface area contributed by atoms with Crippen LogP contribution in [0.25, 0.3) is 0 Å². The summed E-state index contributed by atoms with van der Waals surface area (Å²) < 4.78 is 2.13. The molecule has 0 aliphatic carbocycles. The van der Waals surface area contributed by atoms with Crippen LogP contribution in [-0.4, -0.2) is 22.9 Å². The van der Waals surface area contributed by atoms with Gasteiger partial charge in [0.25, 0.3) is 0 Å². The highest BCUT2D eigenvalue weighted by atomic mass is 15.3. The van der Waals surface area contributed by atoms with E-state index in [2.05, 4.69) is 35.1 Å². The van der Waals surface area contributed by atoms with Crippen molar-refractivity contribution in [2.75, 3.05) is 13.1 Å². The topological polar surface area (TPSA) is 29.9 Å². The maximum absolute atomic E-state index is 4.38. The molecule has 1 N–H and O–H groups in total. The summed E-state index contributed by atoms with van der Waals surface area (Å²) in [4.78, 5) is 0. The van der Waals surface area contributed by atoms with E-state index in [0.29, 0.717) is 12.0 Å². The molecule has 0 radical (unpaired) electrons. The van der Waals surface area contributed by atoms with Crippen LogP contribution in [0.3, 0.4) is 0 Å². The Hall–Kier alpha value is -0.830. The van der Waals surface area contributed by atoms with Gasteiger partial charge in [-0.2, -0.15) is 5.10 Å². The highest BCUT2D eigenvalue weighted by molar-refractivity contribution is 5.01. The number of nitrogens with one attached hydrogen (secondary N) is 1. The second-order valence-corrected chi connectivity index (χ2v) is 4.04. The SMILES string of the molecule is Cc1cnn(C2CCNCC2C)c1. The van der Waals surface area contributed by atoms with E-state index in [9.17, 15) is 0 Å². The van der Waals surface area contributed by atoms with Crippen molar-refractivity contribution in [3.63, 3.8) is 0 Å². The molecule has 72 valence electrons. The van der Waals surface area contributed by atoms with Crippen molar-refractivity contribution in [1.29, 1.82) is 0 Å². The van der Waals surface area contributed by atoms with Crippen LogP contribution in [-0.2, 0) is 0 Å². The van der Waals surface area contributed by atoms with Gasteiger partial charge in [-0.05, 0) is 37.9 Å². The molecule has 1 saturated heterocycles. The molecule has 1 aromatic rings. The summed E-state index contributed by atoms with van der Waals surface area (Å²) in [6.45, 7) is 6.61. The van der Waals surface area contributed by atoms with Crippen LogP contribution >= 0.6 is 0 Å². The van der Waals surface area contributed by atoms with Gasteiger partial charge in [0.15, 0.2) is 0 Å². The van der Waals surface area contributed by atoms with Crippen molar-refractivity contribution in [3.8, 4) is 0 Å². The zero-order valence-electron chi connectivity index (χ0n) is 8.33. The van der Waals surface area contributed by atoms with Gasteiger partial charge < -0.3 is 5.32 Å². The molecule has 2 rings (SSSR count). The second-order valence-electron chi connectivity index (χ2n) is 4.04. The Labute approximate surface area is 79.1 Å². The van der Waals surface area contributed by atoms with Gasteiger partial charge in [-0.15, -0.1) is 0 Å². The first-order valence-corrected chi connectivity index (χ1v) is 4.99. The molecular weight excluding hydrogens is 162 g/mol. The molecule has 2 atom stereocenters. The molecule has 3 nitrogen and oxygen atoms in total. The van der Waals surface area contributed by atoms with Crippen LogP contribution in [0.5, 0.6) is 0 Å². The lowest BCUT2D eigenvalue weighted by molar-refractivity contribution is 0.255. The highest BCUT2D eigenvalue weighted by Gasteiger charge is 2.22. The summed E-state index contributed by atoms with van der Waals surface area (Å²) in [5.74, 6) is 0.688. The Morgan fingerprint density at radius 3 is 3.08 bits per heavy atom. The molecule has 13 heavy (non-hydrogen) atoms. The van der Waals surface area contributed by atoms with Gasteiger partial charge in [0.2, 0.25) is 0 Å². The third kappa shape index (κ3) is 1.75. The lowest BCUT2D eigenvalue weighted by atomic mass is 9.96. The van der Waals surface area contributed by atoms with Crippen molar-refractivity contribution in [2.45, 2.75) is 26.3 Å². The smallest absolute Gasteiger partial charge is 0.0569 e. The quantitative estimate of drug-likeness (QED) is 0.705. The largest absolute Gasteiger partial charge is 0.316 e. The van der Waals surface area contributed by atoms with Crippen LogP contribution in [0.1, 0.15) is 24.9 Å². The molecule has 0 bridgehead atoms. The number of hydrogen-bond acceptors (Lipinski definition) is 2. The van der Waals surface area contributed by atoms with Crippen molar-refractivity contribution in [1.82, 2.24) is 15.1 Å². The third-order valence-corrected chi connectivity index (χ3v) is 2.81. The Balaban J connectivity index is 2.14. The van der Waals surface area contributed by atoms with Crippen LogP contribution in [0, 0.1) is 12.8 Å². The van der Waals surface area contributed by atoms with E-state index in [1.165, 1.54) is 12.0 Å². The van der Waals surface area contributed by atoms with Gasteiger partial charge in [-0.1, -0.05) is 6.92 Å². The van der Waals surface area contributed by atoms with E-state index in [4.69, 9.17) is 0 Å². The van der Waals surface area contributed by atoms with Gasteiger partial charge in [0, 0.05) is 6.20 Å². The number of hydrogen-bond donors (Lipinski definition) is 1. The minimum atomic E-state index is 0.593. The summed E-state index contributed by atoms with van der Waals surface area (Å²) >= 11 is 0. The summed E-state index contributed by atoms with van der Waals surface area (Å²) in [5.41, 5.74) is 1.26. The first kappa shape index (κ1) is 8.75. The molecule has 1 aliphatic heterocycles. The fourth-order valence-corrected chi connectivity index (χ4v) is 2.01. The lowest BCUT2D eigenvalue weighted by Crippen LogP contribution is -2.36. The summed E-state index contributed by atoms with van der Waals surface area (Å²) in [7, 11) is 0. The van der Waals surface area contributed by atoms with Crippen molar-refractivity contribution >= 4 is 0 Å². The fraction of sp³-hybridized carbons (Fsp3) is 0.700. The molecule has 2 unspecified atom stereocenters. The standard InChI is InChI=1S/C10H17N3/c1-8-5-12-13(7-8)10-3-4-11-6-9(10)2/h5,7,9-11H,3-4,6H2,1-2H3. The van der Waals surface area contributed by atoms with Crippen LogP contribution in [0.15, 0.2) is 12.4 Å². The summed E-state index contributed by atoms with van der Waals surface area (Å²) in [6.07, 6.45) is 5.28. The van der Waals surface area contributed by atoms with Gasteiger partial charge in [0.1, 0.15) is 0 Å². The van der Waals surface area contributed by atoms with Crippen LogP contribution in [0.2, 0.25) is 0 Å². The summed E-state index contributed by atoms with van der Waals surface area (Å²) in [6, 6.07) is 0.593. The molecule has 1 aliphatic rings. The molecule has 0 spiro atoms. The Morgan fingerprint density at radius 1 is 1.62 bits per heavy atom. The van der Waals surface area contributed by atoms with Gasteiger partial charge in [-0.25, -0.2) is 0 Å². The van der Waals surface area contributed by atoms with E-state index < -0.39 is 0 Å². The van der Waals surface area contributed by atoms with E-state index in [1.54, 1.807) is 0 Å². The second kappa shape index (κ2) is 3.50. The minimum absolute atomic E-state index is 0.593.